The number of aromatic amines is 1. The number of aromatic nitrogens is 2. The highest BCUT2D eigenvalue weighted by Gasteiger charge is 2.28. The lowest BCUT2D eigenvalue weighted by Gasteiger charge is -2.18. The van der Waals surface area contributed by atoms with Crippen LogP contribution >= 0.6 is 0 Å². The van der Waals surface area contributed by atoms with Crippen molar-refractivity contribution in [2.45, 2.75) is 18.6 Å². The van der Waals surface area contributed by atoms with E-state index < -0.39 is 24.8 Å². The molecule has 2 amide bonds. The van der Waals surface area contributed by atoms with Crippen LogP contribution in [0.2, 0.25) is 0 Å². The fourth-order valence-electron chi connectivity index (χ4n) is 2.74. The molecule has 0 spiro atoms. The maximum Gasteiger partial charge on any atom is 0.405 e. The number of para-hydroxylation sites is 2. The number of hydrogen-bond donors (Lipinski definition) is 3. The van der Waals surface area contributed by atoms with Crippen LogP contribution in [0, 0.1) is 0 Å². The summed E-state index contributed by atoms with van der Waals surface area (Å²) in [5.74, 6) is 1.14. The van der Waals surface area contributed by atoms with Crippen LogP contribution in [-0.2, 0) is 6.42 Å². The van der Waals surface area contributed by atoms with Crippen molar-refractivity contribution >= 4 is 17.1 Å². The molecule has 3 N–H and O–H groups in total. The largest absolute Gasteiger partial charge is 0.497 e. The van der Waals surface area contributed by atoms with Crippen molar-refractivity contribution in [2.24, 2.45) is 0 Å². The normalized spacial score (nSPS) is 12.6. The number of H-pyrrole nitrogens is 1. The van der Waals surface area contributed by atoms with Gasteiger partial charge in [0.2, 0.25) is 0 Å². The maximum absolute atomic E-state index is 12.4. The van der Waals surface area contributed by atoms with Gasteiger partial charge in [-0.05, 0) is 36.2 Å². The van der Waals surface area contributed by atoms with Gasteiger partial charge < -0.3 is 20.4 Å². The van der Waals surface area contributed by atoms with E-state index in [0.717, 1.165) is 11.1 Å². The summed E-state index contributed by atoms with van der Waals surface area (Å²) >= 11 is 0. The number of rotatable bonds is 6. The third kappa shape index (κ3) is 5.15. The number of hydrogen-bond acceptors (Lipinski definition) is 3. The van der Waals surface area contributed by atoms with Crippen molar-refractivity contribution in [3.05, 3.63) is 59.9 Å². The van der Waals surface area contributed by atoms with Crippen LogP contribution < -0.4 is 15.4 Å². The molecule has 0 fully saturated rings. The number of amides is 2. The molecule has 3 rings (SSSR count). The number of methoxy groups -OCH3 is 1. The molecule has 0 aliphatic heterocycles. The molecule has 0 saturated carbocycles. The van der Waals surface area contributed by atoms with Crippen LogP contribution in [0.5, 0.6) is 5.75 Å². The summed E-state index contributed by atoms with van der Waals surface area (Å²) in [5, 5.41) is 4.39. The Morgan fingerprint density at radius 3 is 2.54 bits per heavy atom. The lowest BCUT2D eigenvalue weighted by atomic mass is 10.1. The summed E-state index contributed by atoms with van der Waals surface area (Å²) in [6.07, 6.45) is -4.15. The van der Waals surface area contributed by atoms with E-state index in [-0.39, 0.29) is 0 Å². The van der Waals surface area contributed by atoms with Crippen molar-refractivity contribution < 1.29 is 22.7 Å². The van der Waals surface area contributed by atoms with Gasteiger partial charge in [-0.1, -0.05) is 24.3 Å². The first-order chi connectivity index (χ1) is 13.3. The van der Waals surface area contributed by atoms with Crippen LogP contribution in [0.1, 0.15) is 17.4 Å². The zero-order valence-corrected chi connectivity index (χ0v) is 15.0. The molecule has 0 saturated heterocycles. The van der Waals surface area contributed by atoms with E-state index >= 15 is 0 Å². The molecule has 2 aromatic carbocycles. The Morgan fingerprint density at radius 2 is 1.89 bits per heavy atom. The zero-order chi connectivity index (χ0) is 20.1. The number of urea groups is 1. The first-order valence-corrected chi connectivity index (χ1v) is 8.53. The van der Waals surface area contributed by atoms with E-state index in [1.54, 1.807) is 19.2 Å². The minimum atomic E-state index is -4.48. The Kier molecular flexibility index (Phi) is 5.72. The summed E-state index contributed by atoms with van der Waals surface area (Å²) in [7, 11) is 1.55. The van der Waals surface area contributed by atoms with Gasteiger partial charge in [0, 0.05) is 0 Å². The van der Waals surface area contributed by atoms with E-state index in [0.29, 0.717) is 23.5 Å². The van der Waals surface area contributed by atoms with Gasteiger partial charge in [0.1, 0.15) is 18.1 Å². The number of imidazole rings is 1. The van der Waals surface area contributed by atoms with Crippen LogP contribution in [0.3, 0.4) is 0 Å². The highest BCUT2D eigenvalue weighted by Crippen LogP contribution is 2.21. The van der Waals surface area contributed by atoms with E-state index in [4.69, 9.17) is 4.74 Å². The molecule has 1 aromatic heterocycles. The smallest absolute Gasteiger partial charge is 0.405 e. The molecule has 1 heterocycles. The molecule has 3 aromatic rings. The van der Waals surface area contributed by atoms with Gasteiger partial charge in [-0.25, -0.2) is 9.78 Å². The fourth-order valence-corrected chi connectivity index (χ4v) is 2.74. The number of carbonyl (C=O) groups is 1. The molecule has 1 atom stereocenters. The Labute approximate surface area is 159 Å². The first-order valence-electron chi connectivity index (χ1n) is 8.53. The van der Waals surface area contributed by atoms with Gasteiger partial charge in [0.05, 0.1) is 24.2 Å². The van der Waals surface area contributed by atoms with E-state index in [9.17, 15) is 18.0 Å². The first kappa shape index (κ1) is 19.5. The molecule has 148 valence electrons. The number of halogens is 3. The van der Waals surface area contributed by atoms with Crippen LogP contribution in [0.4, 0.5) is 18.0 Å². The number of alkyl halides is 3. The summed E-state index contributed by atoms with van der Waals surface area (Å²) in [6, 6.07) is 12.9. The van der Waals surface area contributed by atoms with Crippen LogP contribution in [0.25, 0.3) is 11.0 Å². The standard InChI is InChI=1S/C19H19F3N4O2/c1-28-13-8-6-12(7-9-13)10-16(26-18(27)23-11-19(20,21)22)17-24-14-4-2-3-5-15(14)25-17/h2-9,16H,10-11H2,1H3,(H,24,25)(H2,23,26,27). The van der Waals surface area contributed by atoms with Crippen molar-refractivity contribution in [3.63, 3.8) is 0 Å². The Morgan fingerprint density at radius 1 is 1.18 bits per heavy atom. The second-order valence-electron chi connectivity index (χ2n) is 6.19. The third-order valence-electron chi connectivity index (χ3n) is 4.09. The lowest BCUT2D eigenvalue weighted by Crippen LogP contribution is -2.43. The number of fused-ring (bicyclic) bond motifs is 1. The molecule has 6 nitrogen and oxygen atoms in total. The predicted molar refractivity (Wildman–Crippen MR) is 98.1 cm³/mol. The molecule has 0 aliphatic carbocycles. The van der Waals surface area contributed by atoms with Crippen molar-refractivity contribution in [3.8, 4) is 5.75 Å². The monoisotopic (exact) mass is 392 g/mol. The lowest BCUT2D eigenvalue weighted by molar-refractivity contribution is -0.122. The van der Waals surface area contributed by atoms with E-state index in [1.165, 1.54) is 0 Å². The summed E-state index contributed by atoms with van der Waals surface area (Å²) in [6.45, 7) is -1.41. The fraction of sp³-hybridized carbons (Fsp3) is 0.263. The van der Waals surface area contributed by atoms with Crippen molar-refractivity contribution in [1.82, 2.24) is 20.6 Å². The third-order valence-corrected chi connectivity index (χ3v) is 4.09. The Hall–Kier alpha value is -3.23. The molecule has 9 heteroatoms. The summed E-state index contributed by atoms with van der Waals surface area (Å²) in [4.78, 5) is 19.6. The van der Waals surface area contributed by atoms with Gasteiger partial charge in [0.25, 0.3) is 0 Å². The molecule has 0 bridgehead atoms. The molecular weight excluding hydrogens is 373 g/mol. The van der Waals surface area contributed by atoms with Crippen LogP contribution in [-0.4, -0.2) is 35.8 Å². The van der Waals surface area contributed by atoms with Gasteiger partial charge in [-0.2, -0.15) is 13.2 Å². The van der Waals surface area contributed by atoms with Crippen molar-refractivity contribution in [2.75, 3.05) is 13.7 Å². The maximum atomic E-state index is 12.4. The quantitative estimate of drug-likeness (QED) is 0.598. The minimum Gasteiger partial charge on any atom is -0.497 e. The predicted octanol–water partition coefficient (Wildman–Crippen LogP) is 3.72. The van der Waals surface area contributed by atoms with E-state index in [1.807, 2.05) is 41.7 Å². The molecule has 1 unspecified atom stereocenters. The average Bonchev–Trinajstić information content (AvgIpc) is 3.10. The average molecular weight is 392 g/mol. The Balaban J connectivity index is 1.81. The number of ether oxygens (including phenoxy) is 1. The van der Waals surface area contributed by atoms with Crippen LogP contribution in [0.15, 0.2) is 48.5 Å². The molecule has 28 heavy (non-hydrogen) atoms. The molecular formula is C19H19F3N4O2. The zero-order valence-electron chi connectivity index (χ0n) is 15.0. The number of nitrogens with one attached hydrogen (secondary N) is 3. The van der Waals surface area contributed by atoms with Gasteiger partial charge in [-0.15, -0.1) is 0 Å². The number of benzene rings is 2. The molecule has 0 radical (unpaired) electrons. The molecule has 0 aliphatic rings. The highest BCUT2D eigenvalue weighted by atomic mass is 19.4. The summed E-state index contributed by atoms with van der Waals surface area (Å²) in [5.41, 5.74) is 2.34. The highest BCUT2D eigenvalue weighted by molar-refractivity contribution is 5.76. The van der Waals surface area contributed by atoms with Gasteiger partial charge >= 0.3 is 12.2 Å². The summed E-state index contributed by atoms with van der Waals surface area (Å²) < 4.78 is 42.2. The second-order valence-corrected chi connectivity index (χ2v) is 6.19. The van der Waals surface area contributed by atoms with Crippen molar-refractivity contribution in [1.29, 1.82) is 0 Å². The minimum absolute atomic E-state index is 0.337. The SMILES string of the molecule is COc1ccc(CC(NC(=O)NCC(F)(F)F)c2nc3ccccc3[nH]2)cc1. The topological polar surface area (TPSA) is 79.0 Å². The Bertz CT molecular complexity index is 905. The number of nitrogens with zero attached hydrogens (tertiary/aromatic N) is 1. The van der Waals surface area contributed by atoms with Gasteiger partial charge in [-0.3, -0.25) is 0 Å². The second kappa shape index (κ2) is 8.20. The van der Waals surface area contributed by atoms with Gasteiger partial charge in [0.15, 0.2) is 0 Å². The number of carbonyl (C=O) groups excluding carboxylic acids is 1. The van der Waals surface area contributed by atoms with E-state index in [2.05, 4.69) is 15.3 Å².